The molecule has 2 heterocycles. The SMILES string of the molecule is C=C/C=C1/COC2(CCN(Cc3ccccc3)CC2)/C1=C/N. The molecule has 22 heavy (non-hydrogen) atoms. The van der Waals surface area contributed by atoms with Gasteiger partial charge in [0.05, 0.1) is 12.2 Å². The molecule has 0 radical (unpaired) electrons. The van der Waals surface area contributed by atoms with Crippen molar-refractivity contribution in [3.8, 4) is 0 Å². The highest BCUT2D eigenvalue weighted by atomic mass is 16.5. The molecule has 116 valence electrons. The standard InChI is InChI=1S/C19H24N2O/c1-2-6-17-15-22-19(18(17)13-20)9-11-21(12-10-19)14-16-7-4-3-5-8-16/h2-8,13H,1,9-12,14-15,20H2/b17-6-,18-13+. The predicted molar refractivity (Wildman–Crippen MR) is 90.2 cm³/mol. The van der Waals surface area contributed by atoms with Gasteiger partial charge in [-0.25, -0.2) is 0 Å². The Morgan fingerprint density at radius 2 is 1.95 bits per heavy atom. The van der Waals surface area contributed by atoms with Gasteiger partial charge in [0.25, 0.3) is 0 Å². The smallest absolute Gasteiger partial charge is 0.0977 e. The Morgan fingerprint density at radius 1 is 1.23 bits per heavy atom. The first kappa shape index (κ1) is 15.1. The summed E-state index contributed by atoms with van der Waals surface area (Å²) in [6.07, 6.45) is 7.55. The number of hydrogen-bond acceptors (Lipinski definition) is 3. The number of ether oxygens (including phenoxy) is 1. The van der Waals surface area contributed by atoms with Crippen LogP contribution in [-0.4, -0.2) is 30.2 Å². The molecular weight excluding hydrogens is 272 g/mol. The normalized spacial score (nSPS) is 25.1. The first-order valence-electron chi connectivity index (χ1n) is 7.92. The summed E-state index contributed by atoms with van der Waals surface area (Å²) < 4.78 is 6.16. The molecule has 0 atom stereocenters. The van der Waals surface area contributed by atoms with Crippen molar-refractivity contribution in [2.45, 2.75) is 25.0 Å². The van der Waals surface area contributed by atoms with Crippen LogP contribution in [0.1, 0.15) is 18.4 Å². The maximum Gasteiger partial charge on any atom is 0.0977 e. The molecule has 3 nitrogen and oxygen atoms in total. The number of nitrogens with two attached hydrogens (primary N) is 1. The van der Waals surface area contributed by atoms with E-state index in [4.69, 9.17) is 10.5 Å². The van der Waals surface area contributed by atoms with Crippen molar-refractivity contribution in [3.05, 3.63) is 72.0 Å². The molecule has 0 saturated carbocycles. The van der Waals surface area contributed by atoms with Crippen LogP contribution in [0.4, 0.5) is 0 Å². The van der Waals surface area contributed by atoms with E-state index in [1.54, 1.807) is 6.20 Å². The van der Waals surface area contributed by atoms with Crippen LogP contribution in [0.3, 0.4) is 0 Å². The minimum Gasteiger partial charge on any atom is -0.404 e. The average Bonchev–Trinajstić information content (AvgIpc) is 2.89. The third-order valence-corrected chi connectivity index (χ3v) is 4.74. The van der Waals surface area contributed by atoms with Crippen molar-refractivity contribution >= 4 is 0 Å². The summed E-state index contributed by atoms with van der Waals surface area (Å²) in [5.74, 6) is 0. The summed E-state index contributed by atoms with van der Waals surface area (Å²) in [5, 5.41) is 0. The van der Waals surface area contributed by atoms with E-state index in [2.05, 4.69) is 41.8 Å². The summed E-state index contributed by atoms with van der Waals surface area (Å²) in [5.41, 5.74) is 9.41. The molecule has 1 aromatic rings. The van der Waals surface area contributed by atoms with Gasteiger partial charge < -0.3 is 10.5 Å². The fourth-order valence-corrected chi connectivity index (χ4v) is 3.53. The number of rotatable bonds is 3. The van der Waals surface area contributed by atoms with E-state index in [0.29, 0.717) is 6.61 Å². The van der Waals surface area contributed by atoms with Crippen molar-refractivity contribution < 1.29 is 4.74 Å². The van der Waals surface area contributed by atoms with Crippen LogP contribution < -0.4 is 5.73 Å². The summed E-state index contributed by atoms with van der Waals surface area (Å²) >= 11 is 0. The molecule has 1 aromatic carbocycles. The van der Waals surface area contributed by atoms with Gasteiger partial charge in [-0.1, -0.05) is 49.1 Å². The van der Waals surface area contributed by atoms with Crippen molar-refractivity contribution in [1.82, 2.24) is 4.90 Å². The van der Waals surface area contributed by atoms with E-state index in [-0.39, 0.29) is 5.60 Å². The number of likely N-dealkylation sites (tertiary alicyclic amines) is 1. The van der Waals surface area contributed by atoms with Gasteiger partial charge in [-0.3, -0.25) is 4.90 Å². The fraction of sp³-hybridized carbons (Fsp3) is 0.368. The third kappa shape index (κ3) is 2.87. The third-order valence-electron chi connectivity index (χ3n) is 4.74. The lowest BCUT2D eigenvalue weighted by Crippen LogP contribution is -2.44. The maximum atomic E-state index is 6.16. The monoisotopic (exact) mass is 296 g/mol. The molecule has 1 spiro atoms. The number of hydrogen-bond donors (Lipinski definition) is 1. The van der Waals surface area contributed by atoms with Crippen molar-refractivity contribution in [3.63, 3.8) is 0 Å². The van der Waals surface area contributed by atoms with Gasteiger partial charge in [-0.05, 0) is 24.0 Å². The van der Waals surface area contributed by atoms with Crippen LogP contribution >= 0.6 is 0 Å². The lowest BCUT2D eigenvalue weighted by Gasteiger charge is -2.39. The Balaban J connectivity index is 1.66. The van der Waals surface area contributed by atoms with Crippen LogP contribution in [0.15, 0.2) is 66.4 Å². The molecule has 2 N–H and O–H groups in total. The molecule has 2 fully saturated rings. The first-order chi connectivity index (χ1) is 10.8. The summed E-state index contributed by atoms with van der Waals surface area (Å²) in [4.78, 5) is 2.49. The molecule has 0 aliphatic carbocycles. The van der Waals surface area contributed by atoms with E-state index in [9.17, 15) is 0 Å². The highest BCUT2D eigenvalue weighted by Gasteiger charge is 2.44. The topological polar surface area (TPSA) is 38.5 Å². The summed E-state index contributed by atoms with van der Waals surface area (Å²) in [6.45, 7) is 7.50. The Hall–Kier alpha value is -1.84. The van der Waals surface area contributed by atoms with Gasteiger partial charge in [-0.15, -0.1) is 0 Å². The van der Waals surface area contributed by atoms with E-state index < -0.39 is 0 Å². The number of piperidine rings is 1. The molecule has 2 aliphatic heterocycles. The zero-order valence-corrected chi connectivity index (χ0v) is 13.0. The van der Waals surface area contributed by atoms with E-state index in [1.165, 1.54) is 11.1 Å². The predicted octanol–water partition coefficient (Wildman–Crippen LogP) is 3.01. The maximum absolute atomic E-state index is 6.16. The minimum atomic E-state index is -0.184. The fourth-order valence-electron chi connectivity index (χ4n) is 3.53. The zero-order valence-electron chi connectivity index (χ0n) is 13.0. The van der Waals surface area contributed by atoms with Gasteiger partial charge >= 0.3 is 0 Å². The number of benzene rings is 1. The molecule has 0 unspecified atom stereocenters. The number of allylic oxidation sites excluding steroid dienone is 2. The molecule has 2 saturated heterocycles. The Bertz CT molecular complexity index is 581. The first-order valence-corrected chi connectivity index (χ1v) is 7.92. The van der Waals surface area contributed by atoms with Crippen LogP contribution in [0, 0.1) is 0 Å². The van der Waals surface area contributed by atoms with Crippen LogP contribution in [0.5, 0.6) is 0 Å². The van der Waals surface area contributed by atoms with Crippen LogP contribution in [0.25, 0.3) is 0 Å². The molecule has 3 heteroatoms. The second-order valence-electron chi connectivity index (χ2n) is 6.05. The quantitative estimate of drug-likeness (QED) is 0.932. The van der Waals surface area contributed by atoms with E-state index in [1.807, 2.05) is 12.2 Å². The highest BCUT2D eigenvalue weighted by molar-refractivity contribution is 5.44. The van der Waals surface area contributed by atoms with Crippen molar-refractivity contribution in [1.29, 1.82) is 0 Å². The Morgan fingerprint density at radius 3 is 2.59 bits per heavy atom. The lowest BCUT2D eigenvalue weighted by atomic mass is 9.83. The van der Waals surface area contributed by atoms with Gasteiger partial charge in [-0.2, -0.15) is 0 Å². The lowest BCUT2D eigenvalue weighted by molar-refractivity contribution is -0.0245. The molecular formula is C19H24N2O. The minimum absolute atomic E-state index is 0.184. The average molecular weight is 296 g/mol. The van der Waals surface area contributed by atoms with Crippen molar-refractivity contribution in [2.75, 3.05) is 19.7 Å². The molecule has 0 aromatic heterocycles. The van der Waals surface area contributed by atoms with E-state index in [0.717, 1.165) is 38.0 Å². The zero-order chi connectivity index (χ0) is 15.4. The van der Waals surface area contributed by atoms with Gasteiger partial charge in [0.15, 0.2) is 0 Å². The second kappa shape index (κ2) is 6.51. The molecule has 3 rings (SSSR count). The molecule has 0 bridgehead atoms. The van der Waals surface area contributed by atoms with E-state index >= 15 is 0 Å². The van der Waals surface area contributed by atoms with Crippen molar-refractivity contribution in [2.24, 2.45) is 5.73 Å². The number of nitrogens with zero attached hydrogens (tertiary/aromatic N) is 1. The van der Waals surface area contributed by atoms with Crippen LogP contribution in [0.2, 0.25) is 0 Å². The van der Waals surface area contributed by atoms with Gasteiger partial charge in [0.2, 0.25) is 0 Å². The largest absolute Gasteiger partial charge is 0.404 e. The Labute approximate surface area is 132 Å². The van der Waals surface area contributed by atoms with Gasteiger partial charge in [0.1, 0.15) is 0 Å². The summed E-state index contributed by atoms with van der Waals surface area (Å²) in [6, 6.07) is 10.6. The Kier molecular flexibility index (Phi) is 4.46. The second-order valence-corrected chi connectivity index (χ2v) is 6.05. The molecule has 2 aliphatic rings. The van der Waals surface area contributed by atoms with Crippen LogP contribution in [-0.2, 0) is 11.3 Å². The van der Waals surface area contributed by atoms with Gasteiger partial charge in [0, 0.05) is 31.4 Å². The summed E-state index contributed by atoms with van der Waals surface area (Å²) in [7, 11) is 0. The molecule has 0 amide bonds. The highest BCUT2D eigenvalue weighted by Crippen LogP contribution is 2.42.